The fraction of sp³-hybridized carbons (Fsp3) is 0.100. The highest BCUT2D eigenvalue weighted by molar-refractivity contribution is 6.21. The molecule has 2 aromatic carbocycles. The van der Waals surface area contributed by atoms with Crippen LogP contribution in [-0.2, 0) is 0 Å². The SMILES string of the molecule is C[C@@H](c1cc2ccccc2nc1C=O)N1C(=O)c2ccccc2C1=O. The van der Waals surface area contributed by atoms with Crippen molar-refractivity contribution in [2.24, 2.45) is 0 Å². The van der Waals surface area contributed by atoms with Gasteiger partial charge in [-0.1, -0.05) is 30.3 Å². The highest BCUT2D eigenvalue weighted by Crippen LogP contribution is 2.33. The molecule has 5 nitrogen and oxygen atoms in total. The van der Waals surface area contributed by atoms with Crippen LogP contribution >= 0.6 is 0 Å². The first-order valence-electron chi connectivity index (χ1n) is 7.93. The summed E-state index contributed by atoms with van der Waals surface area (Å²) in [6.45, 7) is 1.74. The second-order valence-electron chi connectivity index (χ2n) is 5.98. The molecular weight excluding hydrogens is 316 g/mol. The summed E-state index contributed by atoms with van der Waals surface area (Å²) in [6, 6.07) is 15.4. The molecule has 0 unspecified atom stereocenters. The van der Waals surface area contributed by atoms with Gasteiger partial charge in [-0.3, -0.25) is 19.3 Å². The minimum Gasteiger partial charge on any atom is -0.296 e. The van der Waals surface area contributed by atoms with Crippen LogP contribution in [0.2, 0.25) is 0 Å². The van der Waals surface area contributed by atoms with Gasteiger partial charge in [0, 0.05) is 10.9 Å². The molecule has 5 heteroatoms. The molecule has 0 saturated carbocycles. The molecule has 2 heterocycles. The first kappa shape index (κ1) is 15.2. The first-order valence-corrected chi connectivity index (χ1v) is 7.93. The standard InChI is InChI=1S/C20H14N2O3/c1-12(22-19(24)14-7-3-4-8-15(14)20(22)25)16-10-13-6-2-5-9-17(13)21-18(16)11-23/h2-12H,1H3/t12-/m0/s1. The molecule has 0 fully saturated rings. The summed E-state index contributed by atoms with van der Waals surface area (Å²) in [7, 11) is 0. The summed E-state index contributed by atoms with van der Waals surface area (Å²) in [5, 5.41) is 0.853. The van der Waals surface area contributed by atoms with Crippen molar-refractivity contribution < 1.29 is 14.4 Å². The molecule has 0 spiro atoms. The minimum absolute atomic E-state index is 0.239. The van der Waals surface area contributed by atoms with Crippen LogP contribution in [0.15, 0.2) is 54.6 Å². The van der Waals surface area contributed by atoms with E-state index in [0.29, 0.717) is 28.5 Å². The number of benzene rings is 2. The van der Waals surface area contributed by atoms with Crippen LogP contribution < -0.4 is 0 Å². The number of aromatic nitrogens is 1. The molecule has 0 bridgehead atoms. The lowest BCUT2D eigenvalue weighted by Crippen LogP contribution is -2.33. The van der Waals surface area contributed by atoms with E-state index in [9.17, 15) is 14.4 Å². The van der Waals surface area contributed by atoms with Crippen molar-refractivity contribution in [3.8, 4) is 0 Å². The second kappa shape index (κ2) is 5.63. The van der Waals surface area contributed by atoms with Gasteiger partial charge in [0.15, 0.2) is 6.29 Å². The average molecular weight is 330 g/mol. The van der Waals surface area contributed by atoms with Crippen LogP contribution in [0.1, 0.15) is 49.7 Å². The van der Waals surface area contributed by atoms with Gasteiger partial charge in [-0.15, -0.1) is 0 Å². The third kappa shape index (κ3) is 2.24. The van der Waals surface area contributed by atoms with Gasteiger partial charge in [0.1, 0.15) is 5.69 Å². The minimum atomic E-state index is -0.593. The summed E-state index contributed by atoms with van der Waals surface area (Å²) in [6.07, 6.45) is 0.663. The van der Waals surface area contributed by atoms with Crippen molar-refractivity contribution in [2.45, 2.75) is 13.0 Å². The van der Waals surface area contributed by atoms with Crippen molar-refractivity contribution in [3.05, 3.63) is 77.0 Å². The Morgan fingerprint density at radius 3 is 2.20 bits per heavy atom. The Bertz CT molecular complexity index is 1010. The van der Waals surface area contributed by atoms with Crippen molar-refractivity contribution in [1.29, 1.82) is 0 Å². The van der Waals surface area contributed by atoms with Crippen molar-refractivity contribution in [3.63, 3.8) is 0 Å². The van der Waals surface area contributed by atoms with E-state index in [4.69, 9.17) is 0 Å². The number of rotatable bonds is 3. The lowest BCUT2D eigenvalue weighted by atomic mass is 10.0. The highest BCUT2D eigenvalue weighted by atomic mass is 16.2. The molecule has 2 amide bonds. The van der Waals surface area contributed by atoms with Crippen molar-refractivity contribution >= 4 is 29.0 Å². The summed E-state index contributed by atoms with van der Waals surface area (Å²) in [4.78, 5) is 42.4. The molecular formula is C20H14N2O3. The largest absolute Gasteiger partial charge is 0.296 e. The van der Waals surface area contributed by atoms with Crippen LogP contribution in [0.25, 0.3) is 10.9 Å². The monoisotopic (exact) mass is 330 g/mol. The van der Waals surface area contributed by atoms with Gasteiger partial charge < -0.3 is 0 Å². The molecule has 0 radical (unpaired) electrons. The molecule has 1 aromatic heterocycles. The lowest BCUT2D eigenvalue weighted by Gasteiger charge is -2.24. The van der Waals surface area contributed by atoms with E-state index in [1.54, 1.807) is 31.2 Å². The lowest BCUT2D eigenvalue weighted by molar-refractivity contribution is 0.0593. The van der Waals surface area contributed by atoms with Gasteiger partial charge in [-0.05, 0) is 31.2 Å². The number of fused-ring (bicyclic) bond motifs is 2. The van der Waals surface area contributed by atoms with Crippen molar-refractivity contribution in [2.75, 3.05) is 0 Å². The molecule has 25 heavy (non-hydrogen) atoms. The van der Waals surface area contributed by atoms with Gasteiger partial charge in [-0.25, -0.2) is 4.98 Å². The highest BCUT2D eigenvalue weighted by Gasteiger charge is 2.39. The Labute approximate surface area is 143 Å². The molecule has 3 aromatic rings. The predicted octanol–water partition coefficient (Wildman–Crippen LogP) is 3.40. The molecule has 0 aliphatic carbocycles. The third-order valence-corrected chi connectivity index (χ3v) is 4.56. The van der Waals surface area contributed by atoms with Crippen LogP contribution in [0.4, 0.5) is 0 Å². The van der Waals surface area contributed by atoms with E-state index < -0.39 is 6.04 Å². The topological polar surface area (TPSA) is 67.3 Å². The summed E-state index contributed by atoms with van der Waals surface area (Å²) < 4.78 is 0. The van der Waals surface area contributed by atoms with Gasteiger partial charge >= 0.3 is 0 Å². The number of nitrogens with zero attached hydrogens (tertiary/aromatic N) is 2. The summed E-state index contributed by atoms with van der Waals surface area (Å²) >= 11 is 0. The van der Waals surface area contributed by atoms with E-state index in [1.807, 2.05) is 30.3 Å². The van der Waals surface area contributed by atoms with Crippen LogP contribution in [0.5, 0.6) is 0 Å². The van der Waals surface area contributed by atoms with Gasteiger partial charge in [-0.2, -0.15) is 0 Å². The zero-order valence-electron chi connectivity index (χ0n) is 13.5. The number of carbonyl (C=O) groups is 3. The Morgan fingerprint density at radius 1 is 0.960 bits per heavy atom. The quantitative estimate of drug-likeness (QED) is 0.545. The van der Waals surface area contributed by atoms with Gasteiger partial charge in [0.25, 0.3) is 11.8 Å². The first-order chi connectivity index (χ1) is 12.1. The zero-order chi connectivity index (χ0) is 17.6. The van der Waals surface area contributed by atoms with E-state index in [0.717, 1.165) is 5.39 Å². The maximum absolute atomic E-state index is 12.7. The maximum atomic E-state index is 12.7. The van der Waals surface area contributed by atoms with Crippen LogP contribution in [0, 0.1) is 0 Å². The van der Waals surface area contributed by atoms with E-state index >= 15 is 0 Å². The Kier molecular flexibility index (Phi) is 3.42. The molecule has 1 atom stereocenters. The second-order valence-corrected chi connectivity index (χ2v) is 5.98. The summed E-state index contributed by atoms with van der Waals surface area (Å²) in [5.74, 6) is -0.698. The fourth-order valence-corrected chi connectivity index (χ4v) is 3.27. The Hall–Kier alpha value is -3.34. The molecule has 1 aliphatic heterocycles. The van der Waals surface area contributed by atoms with E-state index in [1.165, 1.54) is 4.90 Å². The zero-order valence-corrected chi connectivity index (χ0v) is 13.5. The maximum Gasteiger partial charge on any atom is 0.262 e. The normalized spacial score (nSPS) is 14.7. The fourth-order valence-electron chi connectivity index (χ4n) is 3.27. The Balaban J connectivity index is 1.83. The van der Waals surface area contributed by atoms with Crippen LogP contribution in [0.3, 0.4) is 0 Å². The number of carbonyl (C=O) groups excluding carboxylic acids is 3. The predicted molar refractivity (Wildman–Crippen MR) is 92.5 cm³/mol. The molecule has 0 N–H and O–H groups in total. The number of hydrogen-bond donors (Lipinski definition) is 0. The number of amides is 2. The number of pyridine rings is 1. The van der Waals surface area contributed by atoms with Gasteiger partial charge in [0.05, 0.1) is 22.7 Å². The number of aldehydes is 1. The summed E-state index contributed by atoms with van der Waals surface area (Å²) in [5.41, 5.74) is 2.27. The van der Waals surface area contributed by atoms with E-state index in [-0.39, 0.29) is 17.5 Å². The number of para-hydroxylation sites is 1. The molecule has 4 rings (SSSR count). The number of imide groups is 1. The number of hydrogen-bond acceptors (Lipinski definition) is 4. The molecule has 1 aliphatic rings. The van der Waals surface area contributed by atoms with E-state index in [2.05, 4.69) is 4.98 Å². The Morgan fingerprint density at radius 2 is 1.56 bits per heavy atom. The molecule has 122 valence electrons. The molecule has 0 saturated heterocycles. The van der Waals surface area contributed by atoms with Crippen molar-refractivity contribution in [1.82, 2.24) is 9.88 Å². The average Bonchev–Trinajstić information content (AvgIpc) is 2.91. The third-order valence-electron chi connectivity index (χ3n) is 4.56. The smallest absolute Gasteiger partial charge is 0.262 e. The van der Waals surface area contributed by atoms with Crippen LogP contribution in [-0.4, -0.2) is 28.0 Å². The van der Waals surface area contributed by atoms with Gasteiger partial charge in [0.2, 0.25) is 0 Å².